The van der Waals surface area contributed by atoms with Gasteiger partial charge in [-0.05, 0) is 6.07 Å². The largest absolute Gasteiger partial charge is 0.341 e. The van der Waals surface area contributed by atoms with Crippen LogP contribution in [0.15, 0.2) is 24.3 Å². The van der Waals surface area contributed by atoms with Crippen LogP contribution in [0.1, 0.15) is 5.56 Å². The summed E-state index contributed by atoms with van der Waals surface area (Å²) in [5.41, 5.74) is 0.561. The number of carbonyl (C=O) groups is 1. The molecule has 0 spiro atoms. The van der Waals surface area contributed by atoms with Crippen LogP contribution in [0, 0.1) is 11.7 Å². The van der Waals surface area contributed by atoms with Gasteiger partial charge < -0.3 is 10.2 Å². The lowest BCUT2D eigenvalue weighted by molar-refractivity contribution is -0.136. The third-order valence-corrected chi connectivity index (χ3v) is 2.87. The molecule has 1 aromatic carbocycles. The minimum atomic E-state index is -0.256. The van der Waals surface area contributed by atoms with Crippen LogP contribution in [0.3, 0.4) is 0 Å². The Balaban J connectivity index is 1.98. The topological polar surface area (TPSA) is 32.3 Å². The Morgan fingerprint density at radius 3 is 2.75 bits per heavy atom. The molecule has 1 heterocycles. The van der Waals surface area contributed by atoms with Crippen LogP contribution in [0.4, 0.5) is 4.39 Å². The van der Waals surface area contributed by atoms with Gasteiger partial charge >= 0.3 is 0 Å². The first-order valence-electron chi connectivity index (χ1n) is 5.37. The average molecular weight is 222 g/mol. The molecule has 16 heavy (non-hydrogen) atoms. The number of carbonyl (C=O) groups excluding carboxylic acids is 1. The summed E-state index contributed by atoms with van der Waals surface area (Å²) < 4.78 is 13.4. The Kier molecular flexibility index (Phi) is 3.19. The van der Waals surface area contributed by atoms with Gasteiger partial charge in [0.25, 0.3) is 0 Å². The first-order chi connectivity index (χ1) is 7.68. The lowest BCUT2D eigenvalue weighted by Crippen LogP contribution is -2.51. The molecule has 0 bridgehead atoms. The Morgan fingerprint density at radius 1 is 1.50 bits per heavy atom. The Labute approximate surface area is 94.3 Å². The molecule has 1 aromatic rings. The van der Waals surface area contributed by atoms with E-state index >= 15 is 0 Å². The van der Waals surface area contributed by atoms with Gasteiger partial charge in [0.2, 0.25) is 5.91 Å². The van der Waals surface area contributed by atoms with Crippen molar-refractivity contribution in [1.29, 1.82) is 0 Å². The van der Waals surface area contributed by atoms with E-state index in [4.69, 9.17) is 0 Å². The summed E-state index contributed by atoms with van der Waals surface area (Å²) in [6.45, 7) is 1.81. The van der Waals surface area contributed by atoms with Gasteiger partial charge in [0, 0.05) is 32.2 Å². The van der Waals surface area contributed by atoms with E-state index in [1.807, 2.05) is 0 Å². The maximum absolute atomic E-state index is 13.4. The molecule has 0 aliphatic carbocycles. The van der Waals surface area contributed by atoms with Crippen molar-refractivity contribution in [1.82, 2.24) is 10.2 Å². The number of nitrogens with zero attached hydrogens (tertiary/aromatic N) is 1. The van der Waals surface area contributed by atoms with Crippen molar-refractivity contribution in [2.75, 3.05) is 20.1 Å². The van der Waals surface area contributed by atoms with E-state index in [1.54, 1.807) is 30.1 Å². The van der Waals surface area contributed by atoms with Gasteiger partial charge in [0.1, 0.15) is 5.82 Å². The van der Waals surface area contributed by atoms with Crippen molar-refractivity contribution in [2.24, 2.45) is 5.92 Å². The van der Waals surface area contributed by atoms with E-state index in [2.05, 4.69) is 5.32 Å². The Bertz CT molecular complexity index is 390. The molecule has 1 aliphatic heterocycles. The third-order valence-electron chi connectivity index (χ3n) is 2.87. The quantitative estimate of drug-likeness (QED) is 0.827. The van der Waals surface area contributed by atoms with Crippen LogP contribution in [0.5, 0.6) is 0 Å². The van der Waals surface area contributed by atoms with E-state index < -0.39 is 0 Å². The molecular weight excluding hydrogens is 207 g/mol. The second-order valence-corrected chi connectivity index (χ2v) is 4.14. The van der Waals surface area contributed by atoms with Gasteiger partial charge in [-0.3, -0.25) is 4.79 Å². The summed E-state index contributed by atoms with van der Waals surface area (Å²) >= 11 is 0. The second kappa shape index (κ2) is 4.61. The van der Waals surface area contributed by atoms with Gasteiger partial charge in [-0.25, -0.2) is 4.39 Å². The van der Waals surface area contributed by atoms with E-state index in [0.29, 0.717) is 12.1 Å². The fourth-order valence-corrected chi connectivity index (χ4v) is 1.74. The van der Waals surface area contributed by atoms with Gasteiger partial charge in [0.05, 0.1) is 5.92 Å². The van der Waals surface area contributed by atoms with Crippen molar-refractivity contribution < 1.29 is 9.18 Å². The molecule has 0 saturated carbocycles. The number of amides is 1. The molecular formula is C12H15FN2O. The van der Waals surface area contributed by atoms with Crippen LogP contribution in [0.2, 0.25) is 0 Å². The van der Waals surface area contributed by atoms with E-state index in [-0.39, 0.29) is 17.6 Å². The van der Waals surface area contributed by atoms with Crippen molar-refractivity contribution in [2.45, 2.75) is 6.54 Å². The summed E-state index contributed by atoms with van der Waals surface area (Å²) in [5.74, 6) is -0.104. The molecule has 1 aliphatic rings. The van der Waals surface area contributed by atoms with E-state index in [0.717, 1.165) is 13.1 Å². The monoisotopic (exact) mass is 222 g/mol. The van der Waals surface area contributed by atoms with Crippen LogP contribution in [-0.4, -0.2) is 30.9 Å². The number of halogens is 1. The lowest BCUT2D eigenvalue weighted by atomic mass is 10.0. The number of rotatable bonds is 3. The van der Waals surface area contributed by atoms with E-state index in [1.165, 1.54) is 6.07 Å². The van der Waals surface area contributed by atoms with Gasteiger partial charge in [-0.2, -0.15) is 0 Å². The van der Waals surface area contributed by atoms with E-state index in [9.17, 15) is 9.18 Å². The maximum Gasteiger partial charge on any atom is 0.228 e. The molecule has 4 heteroatoms. The van der Waals surface area contributed by atoms with Crippen molar-refractivity contribution in [3.63, 3.8) is 0 Å². The molecule has 0 atom stereocenters. The highest BCUT2D eigenvalue weighted by molar-refractivity contribution is 5.79. The molecule has 1 N–H and O–H groups in total. The summed E-state index contributed by atoms with van der Waals surface area (Å²) in [7, 11) is 1.72. The summed E-state index contributed by atoms with van der Waals surface area (Å²) in [5, 5.41) is 3.05. The molecule has 1 fully saturated rings. The maximum atomic E-state index is 13.4. The fourth-order valence-electron chi connectivity index (χ4n) is 1.74. The molecule has 86 valence electrons. The number of benzene rings is 1. The van der Waals surface area contributed by atoms with Crippen molar-refractivity contribution in [3.8, 4) is 0 Å². The second-order valence-electron chi connectivity index (χ2n) is 4.14. The average Bonchev–Trinajstić information content (AvgIpc) is 2.18. The highest BCUT2D eigenvalue weighted by Gasteiger charge is 2.27. The standard InChI is InChI=1S/C12H15FN2O/c1-15(12(16)10-6-14-7-10)8-9-4-2-3-5-11(9)13/h2-5,10,14H,6-8H2,1H3. The zero-order valence-electron chi connectivity index (χ0n) is 9.24. The van der Waals surface area contributed by atoms with Gasteiger partial charge in [-0.1, -0.05) is 18.2 Å². The molecule has 0 aromatic heterocycles. The summed E-state index contributed by atoms with van der Waals surface area (Å²) in [4.78, 5) is 13.4. The SMILES string of the molecule is CN(Cc1ccccc1F)C(=O)C1CNC1. The smallest absolute Gasteiger partial charge is 0.228 e. The normalized spacial score (nSPS) is 15.6. The van der Waals surface area contributed by atoms with Crippen LogP contribution < -0.4 is 5.32 Å². The predicted octanol–water partition coefficient (Wildman–Crippen LogP) is 1.00. The highest BCUT2D eigenvalue weighted by atomic mass is 19.1. The highest BCUT2D eigenvalue weighted by Crippen LogP contribution is 2.12. The summed E-state index contributed by atoms with van der Waals surface area (Å²) in [6.07, 6.45) is 0. The predicted molar refractivity (Wildman–Crippen MR) is 59.2 cm³/mol. The minimum Gasteiger partial charge on any atom is -0.341 e. The molecule has 3 nitrogen and oxygen atoms in total. The zero-order chi connectivity index (χ0) is 11.5. The number of hydrogen-bond donors (Lipinski definition) is 1. The number of nitrogens with one attached hydrogen (secondary N) is 1. The fraction of sp³-hybridized carbons (Fsp3) is 0.417. The molecule has 0 radical (unpaired) electrons. The van der Waals surface area contributed by atoms with Crippen LogP contribution in [-0.2, 0) is 11.3 Å². The minimum absolute atomic E-state index is 0.0665. The molecule has 2 rings (SSSR count). The van der Waals surface area contributed by atoms with Crippen molar-refractivity contribution in [3.05, 3.63) is 35.6 Å². The molecule has 1 saturated heterocycles. The Hall–Kier alpha value is -1.42. The van der Waals surface area contributed by atoms with Gasteiger partial charge in [0.15, 0.2) is 0 Å². The first kappa shape index (κ1) is 11.1. The lowest BCUT2D eigenvalue weighted by Gasteiger charge is -2.30. The third kappa shape index (κ3) is 2.22. The van der Waals surface area contributed by atoms with Crippen LogP contribution in [0.25, 0.3) is 0 Å². The Morgan fingerprint density at radius 2 is 2.19 bits per heavy atom. The zero-order valence-corrected chi connectivity index (χ0v) is 9.24. The number of hydrogen-bond acceptors (Lipinski definition) is 2. The van der Waals surface area contributed by atoms with Gasteiger partial charge in [-0.15, -0.1) is 0 Å². The van der Waals surface area contributed by atoms with Crippen LogP contribution >= 0.6 is 0 Å². The molecule has 0 unspecified atom stereocenters. The summed E-state index contributed by atoms with van der Waals surface area (Å²) in [6, 6.07) is 6.55. The first-order valence-corrected chi connectivity index (χ1v) is 5.37. The molecule has 1 amide bonds. The van der Waals surface area contributed by atoms with Crippen molar-refractivity contribution >= 4 is 5.91 Å².